The maximum atomic E-state index is 11.5. The van der Waals surface area contributed by atoms with Crippen LogP contribution >= 0.6 is 11.6 Å². The van der Waals surface area contributed by atoms with Gasteiger partial charge < -0.3 is 10.6 Å². The molecular weight excluding hydrogens is 276 g/mol. The summed E-state index contributed by atoms with van der Waals surface area (Å²) < 4.78 is 0. The number of hydrogen-bond acceptors (Lipinski definition) is 4. The van der Waals surface area contributed by atoms with Gasteiger partial charge in [0.2, 0.25) is 5.91 Å². The minimum absolute atomic E-state index is 0.163. The molecule has 0 unspecified atom stereocenters. The van der Waals surface area contributed by atoms with Crippen molar-refractivity contribution in [2.24, 2.45) is 5.92 Å². The number of hydrogen-bond donors (Lipinski definition) is 2. The number of carbonyl (C=O) groups is 1. The van der Waals surface area contributed by atoms with Crippen molar-refractivity contribution in [2.75, 3.05) is 18.4 Å². The second-order valence-electron chi connectivity index (χ2n) is 5.15. The average Bonchev–Trinajstić information content (AvgIpc) is 3.24. The smallest absolute Gasteiger partial charge is 0.223 e. The topological polar surface area (TPSA) is 66.9 Å². The zero-order valence-corrected chi connectivity index (χ0v) is 12.8. The predicted octanol–water partition coefficient (Wildman–Crippen LogP) is 2.33. The maximum Gasteiger partial charge on any atom is 0.223 e. The number of aryl methyl sites for hydroxylation is 1. The maximum absolute atomic E-state index is 11.5. The van der Waals surface area contributed by atoms with Gasteiger partial charge >= 0.3 is 0 Å². The van der Waals surface area contributed by atoms with E-state index in [-0.39, 0.29) is 11.8 Å². The third kappa shape index (κ3) is 4.07. The van der Waals surface area contributed by atoms with Crippen molar-refractivity contribution in [1.29, 1.82) is 0 Å². The highest BCUT2D eigenvalue weighted by atomic mass is 35.5. The minimum atomic E-state index is 0.163. The molecule has 1 saturated carbocycles. The third-order valence-electron chi connectivity index (χ3n) is 3.27. The number of nitrogens with zero attached hydrogens (tertiary/aromatic N) is 2. The van der Waals surface area contributed by atoms with Crippen molar-refractivity contribution in [2.45, 2.75) is 39.5 Å². The lowest BCUT2D eigenvalue weighted by Crippen LogP contribution is -2.30. The van der Waals surface area contributed by atoms with Crippen LogP contribution in [0.5, 0.6) is 0 Å². The van der Waals surface area contributed by atoms with E-state index >= 15 is 0 Å². The number of aromatic nitrogens is 2. The molecule has 1 amide bonds. The molecule has 1 aromatic rings. The summed E-state index contributed by atoms with van der Waals surface area (Å²) in [6.45, 7) is 5.21. The van der Waals surface area contributed by atoms with Gasteiger partial charge in [-0.05, 0) is 26.2 Å². The predicted molar refractivity (Wildman–Crippen MR) is 80.0 cm³/mol. The normalized spacial score (nSPS) is 14.2. The summed E-state index contributed by atoms with van der Waals surface area (Å²) in [7, 11) is 0. The molecule has 1 aliphatic rings. The quantitative estimate of drug-likeness (QED) is 0.599. The monoisotopic (exact) mass is 296 g/mol. The van der Waals surface area contributed by atoms with Gasteiger partial charge in [-0.25, -0.2) is 9.97 Å². The van der Waals surface area contributed by atoms with Crippen LogP contribution in [-0.2, 0) is 11.2 Å². The van der Waals surface area contributed by atoms with E-state index in [1.807, 2.05) is 6.92 Å². The lowest BCUT2D eigenvalue weighted by molar-refractivity contribution is -0.122. The summed E-state index contributed by atoms with van der Waals surface area (Å²) in [6, 6.07) is 0. The van der Waals surface area contributed by atoms with Gasteiger partial charge in [-0.15, -0.1) is 0 Å². The first kappa shape index (κ1) is 15.0. The van der Waals surface area contributed by atoms with Gasteiger partial charge in [-0.3, -0.25) is 4.79 Å². The number of rotatable bonds is 7. The molecule has 2 rings (SSSR count). The van der Waals surface area contributed by atoms with E-state index in [1.54, 1.807) is 0 Å². The van der Waals surface area contributed by atoms with Crippen LogP contribution in [0.1, 0.15) is 37.6 Å². The average molecular weight is 297 g/mol. The Bertz CT molecular complexity index is 488. The van der Waals surface area contributed by atoms with Crippen LogP contribution in [0.15, 0.2) is 0 Å². The molecule has 0 radical (unpaired) electrons. The molecular formula is C14H21ClN4O. The highest BCUT2D eigenvalue weighted by Gasteiger charge is 2.28. The summed E-state index contributed by atoms with van der Waals surface area (Å²) in [5, 5.41) is 6.62. The second kappa shape index (κ2) is 6.88. The fraction of sp³-hybridized carbons (Fsp3) is 0.643. The van der Waals surface area contributed by atoms with E-state index in [9.17, 15) is 4.79 Å². The third-order valence-corrected chi connectivity index (χ3v) is 3.64. The molecule has 0 aromatic carbocycles. The van der Waals surface area contributed by atoms with Crippen molar-refractivity contribution >= 4 is 23.3 Å². The summed E-state index contributed by atoms with van der Waals surface area (Å²) in [5.74, 6) is 1.93. The Kier molecular flexibility index (Phi) is 5.17. The molecule has 0 atom stereocenters. The zero-order chi connectivity index (χ0) is 14.5. The highest BCUT2D eigenvalue weighted by molar-refractivity contribution is 6.30. The zero-order valence-electron chi connectivity index (χ0n) is 12.0. The number of halogens is 1. The molecule has 110 valence electrons. The lowest BCUT2D eigenvalue weighted by atomic mass is 10.3. The summed E-state index contributed by atoms with van der Waals surface area (Å²) >= 11 is 6.11. The first-order valence-electron chi connectivity index (χ1n) is 7.16. The van der Waals surface area contributed by atoms with Crippen LogP contribution < -0.4 is 10.6 Å². The van der Waals surface area contributed by atoms with Crippen LogP contribution in [0.4, 0.5) is 5.82 Å². The molecule has 20 heavy (non-hydrogen) atoms. The minimum Gasteiger partial charge on any atom is -0.368 e. The van der Waals surface area contributed by atoms with Crippen molar-refractivity contribution in [3.63, 3.8) is 0 Å². The molecule has 5 nitrogen and oxygen atoms in total. The van der Waals surface area contributed by atoms with Gasteiger partial charge in [0.25, 0.3) is 0 Å². The molecule has 1 aromatic heterocycles. The van der Waals surface area contributed by atoms with Crippen molar-refractivity contribution < 1.29 is 4.79 Å². The van der Waals surface area contributed by atoms with Gasteiger partial charge in [0.15, 0.2) is 0 Å². The molecule has 0 aliphatic heterocycles. The Morgan fingerprint density at radius 1 is 1.35 bits per heavy atom. The Hall–Kier alpha value is -1.36. The van der Waals surface area contributed by atoms with E-state index in [1.165, 1.54) is 0 Å². The van der Waals surface area contributed by atoms with Crippen LogP contribution in [0.25, 0.3) is 0 Å². The van der Waals surface area contributed by atoms with Crippen molar-refractivity contribution in [3.8, 4) is 0 Å². The first-order valence-corrected chi connectivity index (χ1v) is 7.54. The molecule has 0 spiro atoms. The SMILES string of the molecule is CCCc1nc(Cl)c(C)c(NCCNC(=O)C2CC2)n1. The van der Waals surface area contributed by atoms with Gasteiger partial charge in [0, 0.05) is 31.0 Å². The van der Waals surface area contributed by atoms with E-state index in [0.29, 0.717) is 18.2 Å². The summed E-state index contributed by atoms with van der Waals surface area (Å²) in [5.41, 5.74) is 0.847. The Balaban J connectivity index is 1.85. The first-order chi connectivity index (χ1) is 9.61. The van der Waals surface area contributed by atoms with Crippen molar-refractivity contribution in [1.82, 2.24) is 15.3 Å². The van der Waals surface area contributed by atoms with Crippen LogP contribution in [0.2, 0.25) is 5.15 Å². The number of carbonyl (C=O) groups excluding carboxylic acids is 1. The van der Waals surface area contributed by atoms with Crippen molar-refractivity contribution in [3.05, 3.63) is 16.5 Å². The fourth-order valence-corrected chi connectivity index (χ4v) is 2.08. The lowest BCUT2D eigenvalue weighted by Gasteiger charge is -2.11. The number of amides is 1. The van der Waals surface area contributed by atoms with Gasteiger partial charge in [0.05, 0.1) is 0 Å². The molecule has 0 bridgehead atoms. The van der Waals surface area contributed by atoms with Gasteiger partial charge in [-0.1, -0.05) is 18.5 Å². The molecule has 0 saturated heterocycles. The molecule has 1 heterocycles. The standard InChI is InChI=1S/C14H21ClN4O/c1-3-4-11-18-12(15)9(2)13(19-11)16-7-8-17-14(20)10-5-6-10/h10H,3-8H2,1-2H3,(H,17,20)(H,16,18,19). The second-order valence-corrected chi connectivity index (χ2v) is 5.50. The Morgan fingerprint density at radius 2 is 2.10 bits per heavy atom. The number of nitrogens with one attached hydrogen (secondary N) is 2. The van der Waals surface area contributed by atoms with E-state index in [4.69, 9.17) is 11.6 Å². The number of anilines is 1. The van der Waals surface area contributed by atoms with E-state index in [2.05, 4.69) is 27.5 Å². The van der Waals surface area contributed by atoms with Crippen LogP contribution in [-0.4, -0.2) is 29.0 Å². The van der Waals surface area contributed by atoms with E-state index in [0.717, 1.165) is 42.9 Å². The summed E-state index contributed by atoms with van der Waals surface area (Å²) in [4.78, 5) is 20.2. The molecule has 2 N–H and O–H groups in total. The Labute approximate surface area is 124 Å². The largest absolute Gasteiger partial charge is 0.368 e. The van der Waals surface area contributed by atoms with E-state index < -0.39 is 0 Å². The Morgan fingerprint density at radius 3 is 2.75 bits per heavy atom. The van der Waals surface area contributed by atoms with Gasteiger partial charge in [0.1, 0.15) is 16.8 Å². The summed E-state index contributed by atoms with van der Waals surface area (Å²) in [6.07, 6.45) is 3.85. The molecule has 1 aliphatic carbocycles. The fourth-order valence-electron chi connectivity index (χ4n) is 1.90. The van der Waals surface area contributed by atoms with Crippen LogP contribution in [0.3, 0.4) is 0 Å². The highest BCUT2D eigenvalue weighted by Crippen LogP contribution is 2.28. The van der Waals surface area contributed by atoms with Gasteiger partial charge in [-0.2, -0.15) is 0 Å². The molecule has 1 fully saturated rings. The molecule has 6 heteroatoms. The van der Waals surface area contributed by atoms with Crippen LogP contribution in [0, 0.1) is 12.8 Å².